The van der Waals surface area contributed by atoms with E-state index in [4.69, 9.17) is 4.74 Å². The van der Waals surface area contributed by atoms with Crippen LogP contribution in [0, 0.1) is 13.8 Å². The number of carbonyl (C=O) groups is 1. The zero-order valence-electron chi connectivity index (χ0n) is 14.2. The van der Waals surface area contributed by atoms with Gasteiger partial charge in [0.2, 0.25) is 5.91 Å². The lowest BCUT2D eigenvalue weighted by Gasteiger charge is -2.17. The lowest BCUT2D eigenvalue weighted by molar-refractivity contribution is -0.117. The number of nitrogens with zero attached hydrogens (tertiary/aromatic N) is 1. The number of carbonyl (C=O) groups excluding carboxylic acids is 1. The SMILES string of the molecule is COc1ccc(CN(C)CC(=O)Nc2ccc(C)c(C)c2)cc1. The third kappa shape index (κ3) is 5.11. The van der Waals surface area contributed by atoms with Gasteiger partial charge in [-0.3, -0.25) is 9.69 Å². The molecule has 4 nitrogen and oxygen atoms in total. The third-order valence-electron chi connectivity index (χ3n) is 3.82. The van der Waals surface area contributed by atoms with E-state index in [2.05, 4.69) is 12.2 Å². The Kier molecular flexibility index (Phi) is 5.77. The molecule has 0 saturated heterocycles. The van der Waals surface area contributed by atoms with E-state index in [1.54, 1.807) is 7.11 Å². The maximum Gasteiger partial charge on any atom is 0.238 e. The first-order chi connectivity index (χ1) is 11.0. The van der Waals surface area contributed by atoms with Crippen molar-refractivity contribution in [2.24, 2.45) is 0 Å². The van der Waals surface area contributed by atoms with Gasteiger partial charge < -0.3 is 10.1 Å². The highest BCUT2D eigenvalue weighted by molar-refractivity contribution is 5.92. The summed E-state index contributed by atoms with van der Waals surface area (Å²) in [6, 6.07) is 13.8. The van der Waals surface area contributed by atoms with E-state index in [9.17, 15) is 4.79 Å². The van der Waals surface area contributed by atoms with Crippen LogP contribution in [0.25, 0.3) is 0 Å². The lowest BCUT2D eigenvalue weighted by atomic mass is 10.1. The molecule has 0 aliphatic heterocycles. The van der Waals surface area contributed by atoms with Crippen LogP contribution in [0.1, 0.15) is 16.7 Å². The Balaban J connectivity index is 1.87. The fourth-order valence-corrected chi connectivity index (χ4v) is 2.36. The molecule has 0 unspecified atom stereocenters. The molecule has 23 heavy (non-hydrogen) atoms. The number of amides is 1. The Hall–Kier alpha value is -2.33. The normalized spacial score (nSPS) is 10.7. The quantitative estimate of drug-likeness (QED) is 0.889. The highest BCUT2D eigenvalue weighted by Crippen LogP contribution is 2.15. The van der Waals surface area contributed by atoms with Crippen LogP contribution >= 0.6 is 0 Å². The number of benzene rings is 2. The number of ether oxygens (including phenoxy) is 1. The van der Waals surface area contributed by atoms with Crippen LogP contribution in [0.2, 0.25) is 0 Å². The van der Waals surface area contributed by atoms with E-state index >= 15 is 0 Å². The molecule has 0 fully saturated rings. The van der Waals surface area contributed by atoms with Crippen LogP contribution in [0.3, 0.4) is 0 Å². The first-order valence-electron chi connectivity index (χ1n) is 7.66. The van der Waals surface area contributed by atoms with Crippen molar-refractivity contribution in [3.8, 4) is 5.75 Å². The van der Waals surface area contributed by atoms with Crippen molar-refractivity contribution in [3.05, 3.63) is 59.2 Å². The summed E-state index contributed by atoms with van der Waals surface area (Å²) in [6.07, 6.45) is 0. The van der Waals surface area contributed by atoms with Gasteiger partial charge in [0.15, 0.2) is 0 Å². The first kappa shape index (κ1) is 17.0. The molecule has 0 bridgehead atoms. The molecule has 0 aliphatic rings. The Labute approximate surface area is 138 Å². The molecule has 4 heteroatoms. The standard InChI is InChI=1S/C19H24N2O2/c1-14-5-8-17(11-15(14)2)20-19(22)13-21(3)12-16-6-9-18(23-4)10-7-16/h5-11H,12-13H2,1-4H3,(H,20,22). The number of hydrogen-bond acceptors (Lipinski definition) is 3. The Bertz CT molecular complexity index is 666. The largest absolute Gasteiger partial charge is 0.497 e. The molecule has 0 atom stereocenters. The average molecular weight is 312 g/mol. The van der Waals surface area contributed by atoms with Crippen LogP contribution in [0.5, 0.6) is 5.75 Å². The van der Waals surface area contributed by atoms with Gasteiger partial charge in [0.05, 0.1) is 13.7 Å². The number of aryl methyl sites for hydroxylation is 2. The predicted molar refractivity (Wildman–Crippen MR) is 93.9 cm³/mol. The molecule has 1 N–H and O–H groups in total. The van der Waals surface area contributed by atoms with Crippen LogP contribution in [0.15, 0.2) is 42.5 Å². The molecule has 0 heterocycles. The second-order valence-electron chi connectivity index (χ2n) is 5.87. The van der Waals surface area contributed by atoms with Crippen molar-refractivity contribution >= 4 is 11.6 Å². The van der Waals surface area contributed by atoms with Gasteiger partial charge in [-0.05, 0) is 61.9 Å². The third-order valence-corrected chi connectivity index (χ3v) is 3.82. The van der Waals surface area contributed by atoms with Crippen LogP contribution in [-0.4, -0.2) is 31.5 Å². The van der Waals surface area contributed by atoms with E-state index in [0.29, 0.717) is 13.1 Å². The number of rotatable bonds is 6. The summed E-state index contributed by atoms with van der Waals surface area (Å²) in [4.78, 5) is 14.1. The molecular weight excluding hydrogens is 288 g/mol. The fourth-order valence-electron chi connectivity index (χ4n) is 2.36. The zero-order valence-corrected chi connectivity index (χ0v) is 14.2. The summed E-state index contributed by atoms with van der Waals surface area (Å²) in [5.41, 5.74) is 4.39. The molecule has 0 aliphatic carbocycles. The monoisotopic (exact) mass is 312 g/mol. The highest BCUT2D eigenvalue weighted by Gasteiger charge is 2.08. The number of nitrogens with one attached hydrogen (secondary N) is 1. The van der Waals surface area contributed by atoms with Crippen molar-refractivity contribution in [1.82, 2.24) is 4.90 Å². The molecule has 0 radical (unpaired) electrons. The topological polar surface area (TPSA) is 41.6 Å². The fraction of sp³-hybridized carbons (Fsp3) is 0.316. The number of methoxy groups -OCH3 is 1. The molecule has 2 aromatic rings. The van der Waals surface area contributed by atoms with Crippen molar-refractivity contribution < 1.29 is 9.53 Å². The second kappa shape index (κ2) is 7.79. The number of anilines is 1. The maximum absolute atomic E-state index is 12.1. The van der Waals surface area contributed by atoms with Gasteiger partial charge in [-0.2, -0.15) is 0 Å². The molecule has 0 aromatic heterocycles. The van der Waals surface area contributed by atoms with Crippen LogP contribution in [-0.2, 0) is 11.3 Å². The molecule has 2 rings (SSSR count). The van der Waals surface area contributed by atoms with Crippen molar-refractivity contribution in [2.45, 2.75) is 20.4 Å². The number of likely N-dealkylation sites (N-methyl/N-ethyl adjacent to an activating group) is 1. The van der Waals surface area contributed by atoms with Gasteiger partial charge in [-0.25, -0.2) is 0 Å². The minimum absolute atomic E-state index is 0.00994. The molecule has 0 spiro atoms. The van der Waals surface area contributed by atoms with Crippen LogP contribution < -0.4 is 10.1 Å². The van der Waals surface area contributed by atoms with Gasteiger partial charge in [0.25, 0.3) is 0 Å². The van der Waals surface area contributed by atoms with Gasteiger partial charge in [-0.1, -0.05) is 18.2 Å². The second-order valence-corrected chi connectivity index (χ2v) is 5.87. The summed E-state index contributed by atoms with van der Waals surface area (Å²) >= 11 is 0. The zero-order chi connectivity index (χ0) is 16.8. The summed E-state index contributed by atoms with van der Waals surface area (Å²) in [7, 11) is 3.59. The lowest BCUT2D eigenvalue weighted by Crippen LogP contribution is -2.29. The molecule has 0 saturated carbocycles. The molecule has 1 amide bonds. The molecule has 2 aromatic carbocycles. The van der Waals surface area contributed by atoms with E-state index < -0.39 is 0 Å². The van der Waals surface area contributed by atoms with Gasteiger partial charge >= 0.3 is 0 Å². The Morgan fingerprint density at radius 3 is 2.39 bits per heavy atom. The van der Waals surface area contributed by atoms with Gasteiger partial charge in [0, 0.05) is 12.2 Å². The van der Waals surface area contributed by atoms with E-state index in [1.165, 1.54) is 11.1 Å². The Morgan fingerprint density at radius 2 is 1.78 bits per heavy atom. The van der Waals surface area contributed by atoms with Crippen molar-refractivity contribution in [1.29, 1.82) is 0 Å². The summed E-state index contributed by atoms with van der Waals surface area (Å²) < 4.78 is 5.15. The van der Waals surface area contributed by atoms with Crippen molar-refractivity contribution in [2.75, 3.05) is 26.0 Å². The van der Waals surface area contributed by atoms with Gasteiger partial charge in [-0.15, -0.1) is 0 Å². The minimum atomic E-state index is -0.00994. The van der Waals surface area contributed by atoms with Gasteiger partial charge in [0.1, 0.15) is 5.75 Å². The summed E-state index contributed by atoms with van der Waals surface area (Å²) in [5.74, 6) is 0.827. The number of hydrogen-bond donors (Lipinski definition) is 1. The summed E-state index contributed by atoms with van der Waals surface area (Å²) in [5, 5.41) is 2.94. The summed E-state index contributed by atoms with van der Waals surface area (Å²) in [6.45, 7) is 5.16. The maximum atomic E-state index is 12.1. The minimum Gasteiger partial charge on any atom is -0.497 e. The highest BCUT2D eigenvalue weighted by atomic mass is 16.5. The van der Waals surface area contributed by atoms with E-state index in [-0.39, 0.29) is 5.91 Å². The first-order valence-corrected chi connectivity index (χ1v) is 7.66. The smallest absolute Gasteiger partial charge is 0.238 e. The van der Waals surface area contributed by atoms with E-state index in [1.807, 2.05) is 61.3 Å². The van der Waals surface area contributed by atoms with E-state index in [0.717, 1.165) is 17.0 Å². The molecule has 122 valence electrons. The van der Waals surface area contributed by atoms with Crippen molar-refractivity contribution in [3.63, 3.8) is 0 Å². The van der Waals surface area contributed by atoms with Crippen LogP contribution in [0.4, 0.5) is 5.69 Å². The Morgan fingerprint density at radius 1 is 1.09 bits per heavy atom. The molecular formula is C19H24N2O2. The predicted octanol–water partition coefficient (Wildman–Crippen LogP) is 3.38. The average Bonchev–Trinajstić information content (AvgIpc) is 2.51.